The van der Waals surface area contributed by atoms with E-state index in [9.17, 15) is 32.7 Å². The predicted octanol–water partition coefficient (Wildman–Crippen LogP) is 8.62. The van der Waals surface area contributed by atoms with E-state index in [2.05, 4.69) is 22.1 Å². The van der Waals surface area contributed by atoms with Crippen LogP contribution in [0.3, 0.4) is 0 Å². The van der Waals surface area contributed by atoms with Crippen LogP contribution in [0.1, 0.15) is 117 Å². The van der Waals surface area contributed by atoms with Gasteiger partial charge < -0.3 is 19.9 Å². The molecule has 3 aromatic rings. The number of aryl methyl sites for hydroxylation is 3. The molecule has 0 aliphatic carbocycles. The van der Waals surface area contributed by atoms with Crippen molar-refractivity contribution in [2.45, 2.75) is 111 Å². The summed E-state index contributed by atoms with van der Waals surface area (Å²) in [7, 11) is 0. The first-order valence-corrected chi connectivity index (χ1v) is 17.9. The lowest BCUT2D eigenvalue weighted by molar-refractivity contribution is -0.139. The summed E-state index contributed by atoms with van der Waals surface area (Å²) in [6.45, 7) is 15.5. The second kappa shape index (κ2) is 16.7. The molecule has 286 valence electrons. The number of likely N-dealkylation sites (tertiary alicyclic amines) is 1. The maximum absolute atomic E-state index is 16.7. The first kappa shape index (κ1) is 41.3. The smallest absolute Gasteiger partial charge is 0.416 e. The fourth-order valence-corrected chi connectivity index (χ4v) is 7.54. The maximum atomic E-state index is 16.7. The van der Waals surface area contributed by atoms with Gasteiger partial charge in [-0.15, -0.1) is 5.92 Å². The Hall–Kier alpha value is -4.50. The lowest BCUT2D eigenvalue weighted by atomic mass is 9.86. The molecule has 1 aliphatic rings. The molecule has 0 saturated carbocycles. The number of amides is 1. The molecule has 7 nitrogen and oxygen atoms in total. The molecule has 2 atom stereocenters. The molecule has 0 bridgehead atoms. The summed E-state index contributed by atoms with van der Waals surface area (Å²) >= 11 is 0. The van der Waals surface area contributed by atoms with E-state index in [4.69, 9.17) is 0 Å². The van der Waals surface area contributed by atoms with Gasteiger partial charge in [-0.05, 0) is 114 Å². The topological polar surface area (TPSA) is 91.6 Å². The largest absolute Gasteiger partial charge is 0.481 e. The minimum absolute atomic E-state index is 0.0374. The van der Waals surface area contributed by atoms with Gasteiger partial charge in [-0.25, -0.2) is 8.78 Å². The third-order valence-corrected chi connectivity index (χ3v) is 9.93. The number of carbonyl (C=O) groups is 2. The number of hydrogen-bond acceptors (Lipinski definition) is 4. The van der Waals surface area contributed by atoms with Crippen molar-refractivity contribution >= 4 is 11.9 Å². The zero-order valence-corrected chi connectivity index (χ0v) is 31.5. The quantitative estimate of drug-likeness (QED) is 0.152. The fourth-order valence-electron chi connectivity index (χ4n) is 7.54. The van der Waals surface area contributed by atoms with E-state index >= 15 is 8.78 Å². The average Bonchev–Trinajstić information content (AvgIpc) is 3.04. The number of alkyl halides is 3. The molecule has 2 heterocycles. The molecule has 0 radical (unpaired) electrons. The summed E-state index contributed by atoms with van der Waals surface area (Å²) < 4.78 is 77.1. The number of aromatic nitrogens is 1. The van der Waals surface area contributed by atoms with Crippen LogP contribution in [-0.2, 0) is 15.8 Å². The number of nitrogens with zero attached hydrogens (tertiary/aromatic N) is 2. The van der Waals surface area contributed by atoms with E-state index in [1.807, 2.05) is 32.9 Å². The lowest BCUT2D eigenvalue weighted by Gasteiger charge is -2.36. The van der Waals surface area contributed by atoms with E-state index in [1.165, 1.54) is 13.0 Å². The molecular weight excluding hydrogens is 693 g/mol. The highest BCUT2D eigenvalue weighted by Crippen LogP contribution is 2.40. The summed E-state index contributed by atoms with van der Waals surface area (Å²) in [6, 6.07) is 2.41. The Labute approximate surface area is 307 Å². The highest BCUT2D eigenvalue weighted by Gasteiger charge is 2.39. The van der Waals surface area contributed by atoms with Gasteiger partial charge in [0.25, 0.3) is 5.56 Å². The zero-order chi connectivity index (χ0) is 39.5. The minimum atomic E-state index is -4.83. The van der Waals surface area contributed by atoms with E-state index in [0.29, 0.717) is 48.7 Å². The molecule has 2 N–H and O–H groups in total. The van der Waals surface area contributed by atoms with Crippen molar-refractivity contribution in [2.75, 3.05) is 13.1 Å². The molecule has 1 saturated heterocycles. The summed E-state index contributed by atoms with van der Waals surface area (Å²) in [5, 5.41) is 12.4. The highest BCUT2D eigenvalue weighted by molar-refractivity contribution is 5.82. The van der Waals surface area contributed by atoms with Crippen molar-refractivity contribution in [3.05, 3.63) is 91.4 Å². The Morgan fingerprint density at radius 2 is 1.58 bits per heavy atom. The molecule has 0 unspecified atom stereocenters. The normalized spacial score (nSPS) is 15.3. The van der Waals surface area contributed by atoms with Crippen LogP contribution in [0.4, 0.5) is 22.0 Å². The summed E-state index contributed by atoms with van der Waals surface area (Å²) in [4.78, 5) is 42.1. The van der Waals surface area contributed by atoms with Crippen LogP contribution in [0, 0.1) is 50.2 Å². The molecule has 1 aliphatic heterocycles. The minimum Gasteiger partial charge on any atom is -0.481 e. The van der Waals surface area contributed by atoms with E-state index in [-0.39, 0.29) is 35.1 Å². The Morgan fingerprint density at radius 1 is 0.981 bits per heavy atom. The number of benzene rings is 2. The van der Waals surface area contributed by atoms with Crippen molar-refractivity contribution in [1.82, 2.24) is 14.8 Å². The van der Waals surface area contributed by atoms with Gasteiger partial charge in [-0.2, -0.15) is 13.2 Å². The molecular formula is C41H48F5N3O4. The molecule has 1 fully saturated rings. The van der Waals surface area contributed by atoms with Crippen LogP contribution in [-0.4, -0.2) is 45.6 Å². The van der Waals surface area contributed by atoms with Crippen LogP contribution in [0.25, 0.3) is 11.1 Å². The molecule has 12 heteroatoms. The number of piperidine rings is 1. The van der Waals surface area contributed by atoms with Crippen molar-refractivity contribution in [1.29, 1.82) is 0 Å². The standard InChI is InChI=1S/C41H48F5N3O4/c1-9-10-28-18-29(36-25(7)16-24(6)17-26(36)8)39(43)37(38(28)42)32(20-35(51)52)47-40(53)33(15-22(2)3)49-21-30(31(19-34(49)50)41(44,45)46)27-11-13-48(14-12-27)23(4)5/h16-19,21-23,27,32-33H,11-15,20H2,1-8H3,(H,47,53)(H,51,52)/t32-,33-/m0/s1. The van der Waals surface area contributed by atoms with Crippen molar-refractivity contribution in [3.8, 4) is 23.0 Å². The monoisotopic (exact) mass is 741 g/mol. The third kappa shape index (κ3) is 9.36. The number of aliphatic carboxylic acids is 1. The van der Waals surface area contributed by atoms with Crippen LogP contribution in [0.5, 0.6) is 0 Å². The van der Waals surface area contributed by atoms with Gasteiger partial charge in [-0.3, -0.25) is 14.4 Å². The van der Waals surface area contributed by atoms with Gasteiger partial charge >= 0.3 is 12.1 Å². The number of carboxylic acid groups (broad SMARTS) is 1. The lowest BCUT2D eigenvalue weighted by Crippen LogP contribution is -2.41. The Morgan fingerprint density at radius 3 is 2.09 bits per heavy atom. The van der Waals surface area contributed by atoms with Gasteiger partial charge in [0, 0.05) is 29.4 Å². The summed E-state index contributed by atoms with van der Waals surface area (Å²) in [5.74, 6) is -0.301. The second-order valence-corrected chi connectivity index (χ2v) is 14.8. The summed E-state index contributed by atoms with van der Waals surface area (Å²) in [6.07, 6.45) is -3.92. The van der Waals surface area contributed by atoms with Gasteiger partial charge in [-0.1, -0.05) is 37.5 Å². The number of rotatable bonds is 11. The summed E-state index contributed by atoms with van der Waals surface area (Å²) in [5.41, 5.74) is -0.516. The number of pyridine rings is 1. The first-order chi connectivity index (χ1) is 24.7. The van der Waals surface area contributed by atoms with Crippen molar-refractivity contribution in [3.63, 3.8) is 0 Å². The van der Waals surface area contributed by atoms with E-state index < -0.39 is 70.8 Å². The molecule has 2 aromatic carbocycles. The Bertz CT molecular complexity index is 1960. The van der Waals surface area contributed by atoms with Gasteiger partial charge in [0.05, 0.1) is 23.6 Å². The van der Waals surface area contributed by atoms with E-state index in [0.717, 1.165) is 16.3 Å². The predicted molar refractivity (Wildman–Crippen MR) is 195 cm³/mol. The number of halogens is 5. The van der Waals surface area contributed by atoms with Gasteiger partial charge in [0.1, 0.15) is 17.7 Å². The van der Waals surface area contributed by atoms with Gasteiger partial charge in [0.15, 0.2) is 0 Å². The second-order valence-electron chi connectivity index (χ2n) is 14.8. The van der Waals surface area contributed by atoms with Crippen molar-refractivity contribution < 1.29 is 36.6 Å². The number of hydrogen-bond donors (Lipinski definition) is 2. The molecule has 1 amide bonds. The zero-order valence-electron chi connectivity index (χ0n) is 31.5. The maximum Gasteiger partial charge on any atom is 0.416 e. The SMILES string of the molecule is CC#Cc1cc(-c2c(C)cc(C)cc2C)c(F)c([C@H](CC(=O)O)NC(=O)[C@H](CC(C)C)n2cc(C3CCN(C(C)C)CC3)c(C(F)(F)F)cc2=O)c1F. The Balaban J connectivity index is 1.88. The number of nitrogens with one attached hydrogen (secondary N) is 1. The van der Waals surface area contributed by atoms with Crippen LogP contribution in [0.2, 0.25) is 0 Å². The molecule has 53 heavy (non-hydrogen) atoms. The van der Waals surface area contributed by atoms with Crippen LogP contribution < -0.4 is 10.9 Å². The van der Waals surface area contributed by atoms with Crippen molar-refractivity contribution in [2.24, 2.45) is 5.92 Å². The van der Waals surface area contributed by atoms with Gasteiger partial charge in [0.2, 0.25) is 5.91 Å². The van der Waals surface area contributed by atoms with Crippen LogP contribution >= 0.6 is 0 Å². The third-order valence-electron chi connectivity index (χ3n) is 9.93. The molecule has 1 aromatic heterocycles. The average molecular weight is 742 g/mol. The van der Waals surface area contributed by atoms with E-state index in [1.54, 1.807) is 27.7 Å². The first-order valence-electron chi connectivity index (χ1n) is 17.9. The number of carboxylic acids is 1. The Kier molecular flexibility index (Phi) is 13.0. The highest BCUT2D eigenvalue weighted by atomic mass is 19.4. The molecule has 0 spiro atoms. The molecule has 4 rings (SSSR count). The van der Waals surface area contributed by atoms with Crippen LogP contribution in [0.15, 0.2) is 35.3 Å². The number of carbonyl (C=O) groups excluding carboxylic acids is 1. The fraction of sp³-hybridized carbons (Fsp3) is 0.488.